The minimum atomic E-state index is -0.961. The van der Waals surface area contributed by atoms with Crippen LogP contribution in [0.3, 0.4) is 0 Å². The molecule has 5 nitrogen and oxygen atoms in total. The average Bonchev–Trinajstić information content (AvgIpc) is 2.45. The zero-order valence-corrected chi connectivity index (χ0v) is 14.9. The standard InChI is InChI=1S/C17H18BrNO4/c1-8(9(2)20)19-16(23)13-14(21)11-6-5-10(18)7-12(11)17(3,4)15(13)22/h5-8,21H,1-4H3,(H,19,23)/t8-/m0/s1. The van der Waals surface area contributed by atoms with Crippen molar-refractivity contribution in [1.29, 1.82) is 0 Å². The Morgan fingerprint density at radius 3 is 2.48 bits per heavy atom. The summed E-state index contributed by atoms with van der Waals surface area (Å²) in [4.78, 5) is 36.4. The Labute approximate surface area is 142 Å². The molecule has 0 spiro atoms. The molecule has 1 aromatic carbocycles. The number of Topliss-reactive ketones (excluding diaryl/α,β-unsaturated/α-hetero) is 2. The highest BCUT2D eigenvalue weighted by molar-refractivity contribution is 9.10. The molecule has 1 aliphatic carbocycles. The second kappa shape index (κ2) is 5.92. The number of benzene rings is 1. The van der Waals surface area contributed by atoms with Gasteiger partial charge in [0.25, 0.3) is 5.91 Å². The molecule has 1 amide bonds. The smallest absolute Gasteiger partial charge is 0.259 e. The molecular weight excluding hydrogens is 362 g/mol. The lowest BCUT2D eigenvalue weighted by molar-refractivity contribution is -0.128. The van der Waals surface area contributed by atoms with Crippen LogP contribution in [-0.2, 0) is 19.8 Å². The molecule has 2 N–H and O–H groups in total. The number of rotatable bonds is 3. The van der Waals surface area contributed by atoms with Crippen LogP contribution in [0.25, 0.3) is 5.76 Å². The molecule has 1 aromatic rings. The molecule has 0 bridgehead atoms. The first kappa shape index (κ1) is 17.4. The average molecular weight is 380 g/mol. The molecule has 0 saturated carbocycles. The topological polar surface area (TPSA) is 83.5 Å². The van der Waals surface area contributed by atoms with Crippen molar-refractivity contribution >= 4 is 39.2 Å². The molecule has 0 saturated heterocycles. The summed E-state index contributed by atoms with van der Waals surface area (Å²) in [5, 5.41) is 12.9. The van der Waals surface area contributed by atoms with Crippen molar-refractivity contribution in [3.05, 3.63) is 39.4 Å². The van der Waals surface area contributed by atoms with Crippen molar-refractivity contribution in [2.45, 2.75) is 39.2 Å². The maximum absolute atomic E-state index is 12.7. The Morgan fingerprint density at radius 1 is 1.30 bits per heavy atom. The largest absolute Gasteiger partial charge is 0.506 e. The fourth-order valence-electron chi connectivity index (χ4n) is 2.50. The third-order valence-electron chi connectivity index (χ3n) is 4.13. The van der Waals surface area contributed by atoms with Crippen LogP contribution in [0, 0.1) is 0 Å². The van der Waals surface area contributed by atoms with E-state index in [-0.39, 0.29) is 17.1 Å². The number of carbonyl (C=O) groups is 3. The van der Waals surface area contributed by atoms with Crippen molar-refractivity contribution in [3.63, 3.8) is 0 Å². The van der Waals surface area contributed by atoms with Gasteiger partial charge in [-0.3, -0.25) is 14.4 Å². The first-order valence-electron chi connectivity index (χ1n) is 7.17. The van der Waals surface area contributed by atoms with Crippen LogP contribution in [0.2, 0.25) is 0 Å². The Balaban J connectivity index is 2.57. The van der Waals surface area contributed by atoms with Crippen molar-refractivity contribution in [1.82, 2.24) is 5.32 Å². The zero-order chi connectivity index (χ0) is 17.5. The number of fused-ring (bicyclic) bond motifs is 1. The van der Waals surface area contributed by atoms with Gasteiger partial charge in [-0.25, -0.2) is 0 Å². The maximum atomic E-state index is 12.7. The molecule has 1 aliphatic rings. The van der Waals surface area contributed by atoms with E-state index >= 15 is 0 Å². The van der Waals surface area contributed by atoms with Gasteiger partial charge in [-0.05, 0) is 51.5 Å². The lowest BCUT2D eigenvalue weighted by Gasteiger charge is -2.32. The van der Waals surface area contributed by atoms with Gasteiger partial charge in [0, 0.05) is 10.0 Å². The van der Waals surface area contributed by atoms with Crippen LogP contribution in [0.5, 0.6) is 0 Å². The SMILES string of the molecule is CC(=O)[C@H](C)NC(=O)C1=C(O)c2ccc(Br)cc2C(C)(C)C1=O. The quantitative estimate of drug-likeness (QED) is 0.790. The lowest BCUT2D eigenvalue weighted by Crippen LogP contribution is -2.44. The summed E-state index contributed by atoms with van der Waals surface area (Å²) in [7, 11) is 0. The monoisotopic (exact) mass is 379 g/mol. The second-order valence-corrected chi connectivity index (χ2v) is 7.09. The summed E-state index contributed by atoms with van der Waals surface area (Å²) in [6.45, 7) is 6.28. The first-order valence-corrected chi connectivity index (χ1v) is 7.96. The van der Waals surface area contributed by atoms with E-state index in [1.54, 1.807) is 32.0 Å². The van der Waals surface area contributed by atoms with Crippen molar-refractivity contribution in [2.24, 2.45) is 0 Å². The van der Waals surface area contributed by atoms with E-state index in [1.165, 1.54) is 13.8 Å². The van der Waals surface area contributed by atoms with Gasteiger partial charge in [0.1, 0.15) is 11.3 Å². The van der Waals surface area contributed by atoms with Gasteiger partial charge in [-0.1, -0.05) is 15.9 Å². The molecule has 2 rings (SSSR count). The van der Waals surface area contributed by atoms with Gasteiger partial charge in [0.2, 0.25) is 0 Å². The van der Waals surface area contributed by atoms with Crippen LogP contribution in [0.15, 0.2) is 28.2 Å². The second-order valence-electron chi connectivity index (χ2n) is 6.17. The number of aliphatic hydroxyl groups is 1. The molecule has 0 fully saturated rings. The fraction of sp³-hybridized carbons (Fsp3) is 0.353. The van der Waals surface area contributed by atoms with E-state index in [9.17, 15) is 19.5 Å². The van der Waals surface area contributed by atoms with E-state index in [4.69, 9.17) is 0 Å². The molecule has 122 valence electrons. The number of ketones is 2. The number of amides is 1. The normalized spacial score (nSPS) is 17.5. The van der Waals surface area contributed by atoms with E-state index in [0.717, 1.165) is 4.47 Å². The summed E-state index contributed by atoms with van der Waals surface area (Å²) >= 11 is 3.35. The van der Waals surface area contributed by atoms with Gasteiger partial charge >= 0.3 is 0 Å². The molecule has 0 radical (unpaired) electrons. The van der Waals surface area contributed by atoms with Gasteiger partial charge in [0.15, 0.2) is 11.6 Å². The number of hydrogen-bond donors (Lipinski definition) is 2. The minimum Gasteiger partial charge on any atom is -0.506 e. The Bertz CT molecular complexity index is 749. The number of hydrogen-bond acceptors (Lipinski definition) is 4. The van der Waals surface area contributed by atoms with Crippen molar-refractivity contribution < 1.29 is 19.5 Å². The Morgan fingerprint density at radius 2 is 1.91 bits per heavy atom. The van der Waals surface area contributed by atoms with Crippen LogP contribution >= 0.6 is 15.9 Å². The zero-order valence-electron chi connectivity index (χ0n) is 13.4. The van der Waals surface area contributed by atoms with E-state index < -0.39 is 23.1 Å². The Hall–Kier alpha value is -1.95. The van der Waals surface area contributed by atoms with Gasteiger partial charge in [0.05, 0.1) is 11.5 Å². The number of halogens is 1. The van der Waals surface area contributed by atoms with Gasteiger partial charge < -0.3 is 10.4 Å². The van der Waals surface area contributed by atoms with Crippen LogP contribution in [0.4, 0.5) is 0 Å². The molecular formula is C17H18BrNO4. The molecule has 0 aliphatic heterocycles. The number of carbonyl (C=O) groups excluding carboxylic acids is 3. The van der Waals surface area contributed by atoms with Gasteiger partial charge in [-0.15, -0.1) is 0 Å². The summed E-state index contributed by atoms with van der Waals surface area (Å²) in [5.41, 5.74) is -0.181. The van der Waals surface area contributed by atoms with E-state index in [2.05, 4.69) is 21.2 Å². The predicted octanol–water partition coefficient (Wildman–Crippen LogP) is 2.67. The highest BCUT2D eigenvalue weighted by atomic mass is 79.9. The molecule has 6 heteroatoms. The lowest BCUT2D eigenvalue weighted by atomic mass is 9.71. The summed E-state index contributed by atoms with van der Waals surface area (Å²) in [6, 6.07) is 4.42. The summed E-state index contributed by atoms with van der Waals surface area (Å²) < 4.78 is 0.781. The third kappa shape index (κ3) is 2.95. The number of aliphatic hydroxyl groups excluding tert-OH is 1. The van der Waals surface area contributed by atoms with Crippen LogP contribution in [0.1, 0.15) is 38.8 Å². The maximum Gasteiger partial charge on any atom is 0.259 e. The van der Waals surface area contributed by atoms with Gasteiger partial charge in [-0.2, -0.15) is 0 Å². The fourth-order valence-corrected chi connectivity index (χ4v) is 2.86. The van der Waals surface area contributed by atoms with E-state index in [1.807, 2.05) is 0 Å². The highest BCUT2D eigenvalue weighted by Gasteiger charge is 2.43. The minimum absolute atomic E-state index is 0.231. The Kier molecular flexibility index (Phi) is 4.48. The summed E-state index contributed by atoms with van der Waals surface area (Å²) in [6.07, 6.45) is 0. The molecule has 0 heterocycles. The highest BCUT2D eigenvalue weighted by Crippen LogP contribution is 2.40. The third-order valence-corrected chi connectivity index (χ3v) is 4.62. The summed E-state index contributed by atoms with van der Waals surface area (Å²) in [5.74, 6) is -1.80. The molecule has 1 atom stereocenters. The van der Waals surface area contributed by atoms with Crippen LogP contribution in [-0.4, -0.2) is 28.6 Å². The van der Waals surface area contributed by atoms with Crippen molar-refractivity contribution in [2.75, 3.05) is 0 Å². The van der Waals surface area contributed by atoms with E-state index in [0.29, 0.717) is 11.1 Å². The molecule has 0 unspecified atom stereocenters. The van der Waals surface area contributed by atoms with Crippen LogP contribution < -0.4 is 5.32 Å². The molecule has 0 aromatic heterocycles. The predicted molar refractivity (Wildman–Crippen MR) is 90.0 cm³/mol. The number of nitrogens with one attached hydrogen (secondary N) is 1. The molecule has 23 heavy (non-hydrogen) atoms. The van der Waals surface area contributed by atoms with Crippen molar-refractivity contribution in [3.8, 4) is 0 Å². The first-order chi connectivity index (χ1) is 10.6.